The lowest BCUT2D eigenvalue weighted by atomic mass is 10.4. The van der Waals surface area contributed by atoms with Crippen LogP contribution >= 0.6 is 0 Å². The third-order valence-electron chi connectivity index (χ3n) is 1.99. The van der Waals surface area contributed by atoms with Gasteiger partial charge in [-0.2, -0.15) is 0 Å². The van der Waals surface area contributed by atoms with Gasteiger partial charge in [0.1, 0.15) is 0 Å². The molecule has 1 aliphatic carbocycles. The van der Waals surface area contributed by atoms with Crippen LogP contribution < -0.4 is 0 Å². The highest BCUT2D eigenvalue weighted by Crippen LogP contribution is 2.30. The predicted molar refractivity (Wildman–Crippen MR) is 66.3 cm³/mol. The second kappa shape index (κ2) is 9.19. The van der Waals surface area contributed by atoms with Crippen LogP contribution in [0.3, 0.4) is 0 Å². The van der Waals surface area contributed by atoms with Crippen LogP contribution in [0.1, 0.15) is 40.5 Å². The van der Waals surface area contributed by atoms with Crippen LogP contribution in [0.5, 0.6) is 0 Å². The molecule has 1 aliphatic rings. The zero-order valence-corrected chi connectivity index (χ0v) is 11.3. The quantitative estimate of drug-likeness (QED) is 0.409. The molecular formula is C13H24O4. The molecule has 0 radical (unpaired) electrons. The van der Waals surface area contributed by atoms with Gasteiger partial charge >= 0.3 is 5.97 Å². The molecule has 0 saturated heterocycles. The van der Waals surface area contributed by atoms with Crippen molar-refractivity contribution in [3.63, 3.8) is 0 Å². The van der Waals surface area contributed by atoms with Gasteiger partial charge in [0, 0.05) is 13.2 Å². The summed E-state index contributed by atoms with van der Waals surface area (Å²) in [5, 5.41) is 0. The van der Waals surface area contributed by atoms with Crippen LogP contribution in [0.4, 0.5) is 0 Å². The summed E-state index contributed by atoms with van der Waals surface area (Å²) < 4.78 is 14.9. The fraction of sp³-hybridized carbons (Fsp3) is 0.769. The largest absolute Gasteiger partial charge is 0.432 e. The Bertz CT molecular complexity index is 228. The first-order chi connectivity index (χ1) is 8.01. The number of rotatable bonds is 6. The number of hydrogen-bond acceptors (Lipinski definition) is 4. The highest BCUT2D eigenvalue weighted by atomic mass is 16.7. The fourth-order valence-electron chi connectivity index (χ4n) is 1.09. The molecular weight excluding hydrogens is 220 g/mol. The SMILES string of the molecule is C=C(C)OC(=O)C1CC1.CCOC(C)OCC. The van der Waals surface area contributed by atoms with E-state index in [1.54, 1.807) is 6.92 Å². The highest BCUT2D eigenvalue weighted by Gasteiger charge is 2.31. The molecule has 0 heterocycles. The smallest absolute Gasteiger partial charge is 0.313 e. The number of allylic oxidation sites excluding steroid dienone is 1. The summed E-state index contributed by atoms with van der Waals surface area (Å²) in [7, 11) is 0. The molecule has 0 unspecified atom stereocenters. The van der Waals surface area contributed by atoms with Crippen molar-refractivity contribution in [2.24, 2.45) is 5.92 Å². The van der Waals surface area contributed by atoms with Crippen LogP contribution in [0, 0.1) is 5.92 Å². The second-order valence-corrected chi connectivity index (χ2v) is 3.88. The average Bonchev–Trinajstić information content (AvgIpc) is 3.01. The Morgan fingerprint density at radius 3 is 2.06 bits per heavy atom. The number of ether oxygens (including phenoxy) is 3. The van der Waals surface area contributed by atoms with E-state index >= 15 is 0 Å². The Morgan fingerprint density at radius 1 is 1.29 bits per heavy atom. The van der Waals surface area contributed by atoms with Gasteiger partial charge in [0.15, 0.2) is 6.29 Å². The summed E-state index contributed by atoms with van der Waals surface area (Å²) in [6.07, 6.45) is 1.95. The summed E-state index contributed by atoms with van der Waals surface area (Å²) in [6.45, 7) is 12.4. The van der Waals surface area contributed by atoms with Gasteiger partial charge in [0.2, 0.25) is 0 Å². The molecule has 0 aromatic heterocycles. The number of carbonyl (C=O) groups excluding carboxylic acids is 1. The van der Waals surface area contributed by atoms with Gasteiger partial charge in [-0.25, -0.2) is 0 Å². The lowest BCUT2D eigenvalue weighted by Crippen LogP contribution is -2.11. The molecule has 17 heavy (non-hydrogen) atoms. The van der Waals surface area contributed by atoms with Gasteiger partial charge in [-0.1, -0.05) is 6.58 Å². The van der Waals surface area contributed by atoms with E-state index in [4.69, 9.17) is 14.2 Å². The van der Waals surface area contributed by atoms with Crippen molar-refractivity contribution in [3.8, 4) is 0 Å². The number of carbonyl (C=O) groups is 1. The summed E-state index contributed by atoms with van der Waals surface area (Å²) >= 11 is 0. The van der Waals surface area contributed by atoms with Gasteiger partial charge in [-0.3, -0.25) is 4.79 Å². The summed E-state index contributed by atoms with van der Waals surface area (Å²) in [4.78, 5) is 10.7. The van der Waals surface area contributed by atoms with Crippen molar-refractivity contribution < 1.29 is 19.0 Å². The van der Waals surface area contributed by atoms with E-state index in [0.29, 0.717) is 5.76 Å². The molecule has 1 saturated carbocycles. The normalized spacial score (nSPS) is 13.9. The summed E-state index contributed by atoms with van der Waals surface area (Å²) in [5.41, 5.74) is 0. The molecule has 1 fully saturated rings. The maximum Gasteiger partial charge on any atom is 0.313 e. The van der Waals surface area contributed by atoms with Crippen LogP contribution in [-0.4, -0.2) is 25.5 Å². The molecule has 0 N–H and O–H groups in total. The molecule has 0 aromatic carbocycles. The maximum atomic E-state index is 10.7. The van der Waals surface area contributed by atoms with Crippen molar-refractivity contribution in [3.05, 3.63) is 12.3 Å². The van der Waals surface area contributed by atoms with E-state index in [1.807, 2.05) is 20.8 Å². The standard InChI is InChI=1S/C7H10O2.C6H14O2/c1-5(2)9-7(8)6-3-4-6;1-4-7-6(3)8-5-2/h6H,1,3-4H2,2H3;6H,4-5H2,1-3H3. The van der Waals surface area contributed by atoms with E-state index in [0.717, 1.165) is 26.1 Å². The van der Waals surface area contributed by atoms with Gasteiger partial charge in [-0.15, -0.1) is 0 Å². The topological polar surface area (TPSA) is 44.8 Å². The average molecular weight is 244 g/mol. The van der Waals surface area contributed by atoms with Crippen LogP contribution in [0.2, 0.25) is 0 Å². The minimum absolute atomic E-state index is 0.0370. The van der Waals surface area contributed by atoms with Crippen LogP contribution in [0.15, 0.2) is 12.3 Å². The zero-order valence-electron chi connectivity index (χ0n) is 11.3. The molecule has 100 valence electrons. The summed E-state index contributed by atoms with van der Waals surface area (Å²) in [6, 6.07) is 0. The number of hydrogen-bond donors (Lipinski definition) is 0. The minimum Gasteiger partial charge on any atom is -0.432 e. The third-order valence-corrected chi connectivity index (χ3v) is 1.99. The Kier molecular flexibility index (Phi) is 8.72. The molecule has 0 bridgehead atoms. The molecule has 0 atom stereocenters. The van der Waals surface area contributed by atoms with E-state index < -0.39 is 0 Å². The van der Waals surface area contributed by atoms with Gasteiger partial charge in [-0.05, 0) is 40.5 Å². The lowest BCUT2D eigenvalue weighted by molar-refractivity contribution is -0.140. The molecule has 4 nitrogen and oxygen atoms in total. The Balaban J connectivity index is 0.000000304. The third kappa shape index (κ3) is 10.0. The molecule has 0 aliphatic heterocycles. The monoisotopic (exact) mass is 244 g/mol. The van der Waals surface area contributed by atoms with E-state index in [-0.39, 0.29) is 18.2 Å². The van der Waals surface area contributed by atoms with Gasteiger partial charge < -0.3 is 14.2 Å². The molecule has 4 heteroatoms. The minimum atomic E-state index is -0.109. The Labute approximate surface area is 104 Å². The van der Waals surface area contributed by atoms with E-state index in [1.165, 1.54) is 0 Å². The predicted octanol–water partition coefficient (Wildman–Crippen LogP) is 2.88. The maximum absolute atomic E-state index is 10.7. The first-order valence-electron chi connectivity index (χ1n) is 6.11. The molecule has 0 aromatic rings. The van der Waals surface area contributed by atoms with Gasteiger partial charge in [0.25, 0.3) is 0 Å². The lowest BCUT2D eigenvalue weighted by Gasteiger charge is -2.09. The first-order valence-corrected chi connectivity index (χ1v) is 6.11. The second-order valence-electron chi connectivity index (χ2n) is 3.88. The Morgan fingerprint density at radius 2 is 1.76 bits per heavy atom. The Hall–Kier alpha value is -0.870. The zero-order chi connectivity index (χ0) is 13.3. The van der Waals surface area contributed by atoms with Crippen molar-refractivity contribution in [1.82, 2.24) is 0 Å². The number of esters is 1. The van der Waals surface area contributed by atoms with Crippen LogP contribution in [-0.2, 0) is 19.0 Å². The summed E-state index contributed by atoms with van der Waals surface area (Å²) in [5.74, 6) is 0.566. The van der Waals surface area contributed by atoms with Crippen molar-refractivity contribution in [2.45, 2.75) is 46.8 Å². The first kappa shape index (κ1) is 16.1. The van der Waals surface area contributed by atoms with Crippen molar-refractivity contribution in [2.75, 3.05) is 13.2 Å². The van der Waals surface area contributed by atoms with Crippen LogP contribution in [0.25, 0.3) is 0 Å². The molecule has 0 spiro atoms. The van der Waals surface area contributed by atoms with Crippen molar-refractivity contribution in [1.29, 1.82) is 0 Å². The van der Waals surface area contributed by atoms with Crippen molar-refractivity contribution >= 4 is 5.97 Å². The van der Waals surface area contributed by atoms with E-state index in [9.17, 15) is 4.79 Å². The van der Waals surface area contributed by atoms with Gasteiger partial charge in [0.05, 0.1) is 11.7 Å². The van der Waals surface area contributed by atoms with E-state index in [2.05, 4.69) is 6.58 Å². The highest BCUT2D eigenvalue weighted by molar-refractivity contribution is 5.75. The molecule has 1 rings (SSSR count). The molecule has 0 amide bonds. The fourth-order valence-corrected chi connectivity index (χ4v) is 1.09.